The smallest absolute Gasteiger partial charge is 0.271 e. The Balaban J connectivity index is 1.91. The Labute approximate surface area is 129 Å². The summed E-state index contributed by atoms with van der Waals surface area (Å²) in [5.41, 5.74) is 0.0500. The molecule has 9 heteroatoms. The number of hydrogen-bond acceptors (Lipinski definition) is 6. The largest absolute Gasteiger partial charge is 0.484 e. The van der Waals surface area contributed by atoms with E-state index in [1.165, 1.54) is 48.5 Å². The highest BCUT2D eigenvalue weighted by atomic mass is 16.6. The van der Waals surface area contributed by atoms with Gasteiger partial charge in [0.2, 0.25) is 0 Å². The van der Waals surface area contributed by atoms with Gasteiger partial charge in [-0.2, -0.15) is 0 Å². The number of ether oxygens (including phenoxy) is 1. The molecule has 0 aliphatic carbocycles. The molecule has 0 fully saturated rings. The van der Waals surface area contributed by atoms with E-state index in [0.717, 1.165) is 0 Å². The summed E-state index contributed by atoms with van der Waals surface area (Å²) in [6.07, 6.45) is 0. The van der Waals surface area contributed by atoms with Crippen LogP contribution in [0, 0.1) is 20.2 Å². The molecule has 1 amide bonds. The van der Waals surface area contributed by atoms with Crippen molar-refractivity contribution in [3.8, 4) is 5.75 Å². The monoisotopic (exact) mass is 317 g/mol. The molecule has 0 aliphatic rings. The molecule has 0 saturated heterocycles. The van der Waals surface area contributed by atoms with Gasteiger partial charge in [0.1, 0.15) is 5.75 Å². The first kappa shape index (κ1) is 15.9. The lowest BCUT2D eigenvalue weighted by molar-refractivity contribution is -0.385. The number of non-ortho nitro benzene ring substituents is 2. The maximum absolute atomic E-state index is 11.7. The summed E-state index contributed by atoms with van der Waals surface area (Å²) < 4.78 is 5.18. The number of anilines is 1. The standard InChI is InChI=1S/C14H11N3O6/c18-14(15-10-2-1-3-12(8-10)17(21)22)9-23-13-6-4-11(5-7-13)16(19)20/h1-8H,9H2,(H,15,18). The molecule has 2 rings (SSSR count). The first-order chi connectivity index (χ1) is 11.0. The van der Waals surface area contributed by atoms with E-state index in [1.807, 2.05) is 0 Å². The number of nitro groups is 2. The van der Waals surface area contributed by atoms with Gasteiger partial charge in [-0.1, -0.05) is 6.07 Å². The molecule has 0 aliphatic heterocycles. The van der Waals surface area contributed by atoms with Crippen LogP contribution in [-0.4, -0.2) is 22.4 Å². The summed E-state index contributed by atoms with van der Waals surface area (Å²) in [7, 11) is 0. The van der Waals surface area contributed by atoms with Gasteiger partial charge in [-0.15, -0.1) is 0 Å². The Kier molecular flexibility index (Phi) is 4.82. The van der Waals surface area contributed by atoms with Crippen molar-refractivity contribution in [2.45, 2.75) is 0 Å². The Morgan fingerprint density at radius 2 is 1.65 bits per heavy atom. The third kappa shape index (κ3) is 4.49. The van der Waals surface area contributed by atoms with Crippen LogP contribution in [-0.2, 0) is 4.79 Å². The number of nitrogens with one attached hydrogen (secondary N) is 1. The van der Waals surface area contributed by atoms with Crippen LogP contribution in [0.3, 0.4) is 0 Å². The molecule has 0 saturated carbocycles. The number of nitrogens with zero attached hydrogens (tertiary/aromatic N) is 2. The van der Waals surface area contributed by atoms with Gasteiger partial charge in [-0.05, 0) is 18.2 Å². The topological polar surface area (TPSA) is 125 Å². The highest BCUT2D eigenvalue weighted by Crippen LogP contribution is 2.18. The number of nitro benzene ring substituents is 2. The number of benzene rings is 2. The van der Waals surface area contributed by atoms with E-state index in [9.17, 15) is 25.0 Å². The van der Waals surface area contributed by atoms with E-state index in [1.54, 1.807) is 0 Å². The first-order valence-electron chi connectivity index (χ1n) is 6.37. The third-order valence-corrected chi connectivity index (χ3v) is 2.76. The Morgan fingerprint density at radius 3 is 2.26 bits per heavy atom. The molecule has 0 atom stereocenters. The lowest BCUT2D eigenvalue weighted by atomic mass is 10.3. The minimum Gasteiger partial charge on any atom is -0.484 e. The molecular weight excluding hydrogens is 306 g/mol. The molecule has 2 aromatic rings. The molecule has 0 aromatic heterocycles. The molecule has 0 spiro atoms. The quantitative estimate of drug-likeness (QED) is 0.644. The molecule has 0 unspecified atom stereocenters. The zero-order valence-electron chi connectivity index (χ0n) is 11.7. The molecule has 0 bridgehead atoms. The minimum absolute atomic E-state index is 0.0848. The van der Waals surface area contributed by atoms with E-state index in [4.69, 9.17) is 4.74 Å². The predicted octanol–water partition coefficient (Wildman–Crippen LogP) is 2.52. The summed E-state index contributed by atoms with van der Waals surface area (Å²) in [6.45, 7) is -0.333. The number of hydrogen-bond donors (Lipinski definition) is 1. The van der Waals surface area contributed by atoms with Gasteiger partial charge < -0.3 is 10.1 Å². The van der Waals surface area contributed by atoms with Crippen molar-refractivity contribution in [1.82, 2.24) is 0 Å². The van der Waals surface area contributed by atoms with Crippen LogP contribution < -0.4 is 10.1 Å². The highest BCUT2D eigenvalue weighted by molar-refractivity contribution is 5.92. The van der Waals surface area contributed by atoms with E-state index < -0.39 is 15.8 Å². The zero-order chi connectivity index (χ0) is 16.8. The molecule has 9 nitrogen and oxygen atoms in total. The van der Waals surface area contributed by atoms with Crippen molar-refractivity contribution in [3.05, 3.63) is 68.8 Å². The normalized spacial score (nSPS) is 9.91. The second-order valence-corrected chi connectivity index (χ2v) is 4.40. The fraction of sp³-hybridized carbons (Fsp3) is 0.0714. The van der Waals surface area contributed by atoms with Crippen molar-refractivity contribution >= 4 is 23.0 Å². The second-order valence-electron chi connectivity index (χ2n) is 4.40. The van der Waals surface area contributed by atoms with Gasteiger partial charge in [0, 0.05) is 30.0 Å². The van der Waals surface area contributed by atoms with Gasteiger partial charge in [0.05, 0.1) is 9.85 Å². The summed E-state index contributed by atoms with van der Waals surface area (Å²) in [6, 6.07) is 10.8. The average molecular weight is 317 g/mol. The molecule has 118 valence electrons. The lowest BCUT2D eigenvalue weighted by Gasteiger charge is -2.07. The van der Waals surface area contributed by atoms with Crippen molar-refractivity contribution in [2.24, 2.45) is 0 Å². The maximum atomic E-state index is 11.7. The van der Waals surface area contributed by atoms with Crippen LogP contribution in [0.1, 0.15) is 0 Å². The number of amides is 1. The van der Waals surface area contributed by atoms with Crippen molar-refractivity contribution < 1.29 is 19.4 Å². The van der Waals surface area contributed by atoms with Gasteiger partial charge >= 0.3 is 0 Å². The van der Waals surface area contributed by atoms with Gasteiger partial charge in [-0.25, -0.2) is 0 Å². The van der Waals surface area contributed by atoms with Crippen LogP contribution in [0.4, 0.5) is 17.1 Å². The SMILES string of the molecule is O=C(COc1ccc([N+](=O)[O-])cc1)Nc1cccc([N+](=O)[O-])c1. The molecule has 23 heavy (non-hydrogen) atoms. The van der Waals surface area contributed by atoms with Crippen molar-refractivity contribution in [2.75, 3.05) is 11.9 Å². The number of rotatable bonds is 6. The second kappa shape index (κ2) is 6.98. The van der Waals surface area contributed by atoms with Crippen LogP contribution in [0.5, 0.6) is 5.75 Å². The van der Waals surface area contributed by atoms with Gasteiger partial charge in [0.15, 0.2) is 6.61 Å². The third-order valence-electron chi connectivity index (χ3n) is 2.76. The van der Waals surface area contributed by atoms with Crippen LogP contribution in [0.2, 0.25) is 0 Å². The predicted molar refractivity (Wildman–Crippen MR) is 80.3 cm³/mol. The first-order valence-corrected chi connectivity index (χ1v) is 6.37. The fourth-order valence-electron chi connectivity index (χ4n) is 1.71. The molecular formula is C14H11N3O6. The van der Waals surface area contributed by atoms with E-state index in [-0.39, 0.29) is 23.7 Å². The summed E-state index contributed by atoms with van der Waals surface area (Å²) in [5.74, 6) is -0.214. The molecule has 1 N–H and O–H groups in total. The van der Waals surface area contributed by atoms with Gasteiger partial charge in [-0.3, -0.25) is 25.0 Å². The maximum Gasteiger partial charge on any atom is 0.271 e. The summed E-state index contributed by atoms with van der Waals surface area (Å²) in [4.78, 5) is 31.8. The molecule has 0 radical (unpaired) electrons. The minimum atomic E-state index is -0.566. The zero-order valence-corrected chi connectivity index (χ0v) is 11.7. The van der Waals surface area contributed by atoms with Crippen molar-refractivity contribution in [1.29, 1.82) is 0 Å². The summed E-state index contributed by atoms with van der Waals surface area (Å²) in [5, 5.41) is 23.6. The summed E-state index contributed by atoms with van der Waals surface area (Å²) >= 11 is 0. The highest BCUT2D eigenvalue weighted by Gasteiger charge is 2.09. The van der Waals surface area contributed by atoms with E-state index in [2.05, 4.69) is 5.32 Å². The van der Waals surface area contributed by atoms with Crippen LogP contribution in [0.25, 0.3) is 0 Å². The Bertz CT molecular complexity index is 744. The number of carbonyl (C=O) groups excluding carboxylic acids is 1. The Hall–Kier alpha value is -3.49. The van der Waals surface area contributed by atoms with E-state index in [0.29, 0.717) is 5.75 Å². The Morgan fingerprint density at radius 1 is 1.00 bits per heavy atom. The number of carbonyl (C=O) groups is 1. The molecule has 0 heterocycles. The van der Waals surface area contributed by atoms with Crippen LogP contribution in [0.15, 0.2) is 48.5 Å². The van der Waals surface area contributed by atoms with E-state index >= 15 is 0 Å². The molecule has 2 aromatic carbocycles. The van der Waals surface area contributed by atoms with Crippen LogP contribution >= 0.6 is 0 Å². The fourth-order valence-corrected chi connectivity index (χ4v) is 1.71. The van der Waals surface area contributed by atoms with Crippen molar-refractivity contribution in [3.63, 3.8) is 0 Å². The lowest BCUT2D eigenvalue weighted by Crippen LogP contribution is -2.20. The average Bonchev–Trinajstić information content (AvgIpc) is 2.53. The van der Waals surface area contributed by atoms with Gasteiger partial charge in [0.25, 0.3) is 17.3 Å².